The molecule has 2 aliphatic heterocycles. The Morgan fingerprint density at radius 1 is 0.746 bits per heavy atom. The molecule has 4 aromatic heterocycles. The molecule has 0 aliphatic carbocycles. The highest BCUT2D eigenvalue weighted by Crippen LogP contribution is 2.43. The quantitative estimate of drug-likeness (QED) is 0.103. The van der Waals surface area contributed by atoms with Crippen LogP contribution in [0.15, 0.2) is 42.6 Å². The van der Waals surface area contributed by atoms with Gasteiger partial charge < -0.3 is 39.9 Å². The van der Waals surface area contributed by atoms with Crippen LogP contribution in [0.25, 0.3) is 41.7 Å². The number of imidazole rings is 2. The zero-order chi connectivity index (χ0) is 42.3. The number of hydrogen-bond donors (Lipinski definition) is 4. The van der Waals surface area contributed by atoms with E-state index in [0.717, 1.165) is 62.5 Å². The number of rotatable bonds is 11. The second kappa shape index (κ2) is 17.2. The lowest BCUT2D eigenvalue weighted by Crippen LogP contribution is -2.51. The summed E-state index contributed by atoms with van der Waals surface area (Å²) in [4.78, 5) is 74.3. The van der Waals surface area contributed by atoms with Gasteiger partial charge in [-0.2, -0.15) is 0 Å². The smallest absolute Gasteiger partial charge is 0.407 e. The number of nitrogens with one attached hydrogen (secondary N) is 4. The molecule has 7 rings (SSSR count). The molecule has 0 unspecified atom stereocenters. The van der Waals surface area contributed by atoms with Gasteiger partial charge in [0.1, 0.15) is 23.7 Å². The molecule has 0 bridgehead atoms. The molecule has 0 spiro atoms. The van der Waals surface area contributed by atoms with Crippen molar-refractivity contribution >= 4 is 56.1 Å². The van der Waals surface area contributed by atoms with Crippen molar-refractivity contribution in [3.05, 3.63) is 59.9 Å². The first kappa shape index (κ1) is 41.9. The largest absolute Gasteiger partial charge is 0.453 e. The van der Waals surface area contributed by atoms with Crippen LogP contribution in [0, 0.1) is 30.6 Å². The summed E-state index contributed by atoms with van der Waals surface area (Å²) in [6, 6.07) is 11.0. The first-order valence-electron chi connectivity index (χ1n) is 20.2. The number of H-pyrrole nitrogens is 2. The number of nitrogens with zero attached hydrogens (tertiary/aromatic N) is 4. The van der Waals surface area contributed by atoms with Crippen LogP contribution in [0.2, 0.25) is 0 Å². The summed E-state index contributed by atoms with van der Waals surface area (Å²) in [6.07, 6.45) is 2.15. The first-order valence-corrected chi connectivity index (χ1v) is 21.8. The minimum absolute atomic E-state index is 0.110. The van der Waals surface area contributed by atoms with E-state index in [1.807, 2.05) is 50.6 Å². The predicted molar refractivity (Wildman–Crippen MR) is 230 cm³/mol. The van der Waals surface area contributed by atoms with Gasteiger partial charge in [0.05, 0.1) is 48.8 Å². The van der Waals surface area contributed by atoms with Crippen LogP contribution < -0.4 is 10.6 Å². The molecule has 16 heteroatoms. The second-order valence-electron chi connectivity index (χ2n) is 16.7. The van der Waals surface area contributed by atoms with Crippen LogP contribution >= 0.6 is 22.7 Å². The standard InChI is InChI=1S/C43H54N8O6S2/c1-21(2)35(48-42(54)56-8)40(52)50-19-23(5)14-29(50)38-44-18-28(46-38)32-17-34-33(59-32)16-31(58-34)26-10-12-27(13-11-26)37-25(7)45-39(47-37)30-15-24(6)20-51(30)41(53)36(22(3)4)49-43(55)57-9/h10-13,16-18,21-24,29-30,35-36H,14-15,19-20H2,1-9H3,(H,44,46)(H,45,47)(H,48,54)(H,49,55)/t23-,24-,29-,30-,35-,36-/m0/s1. The lowest BCUT2D eigenvalue weighted by Gasteiger charge is -2.30. The average Bonchev–Trinajstić information content (AvgIpc) is 4.06. The molecule has 59 heavy (non-hydrogen) atoms. The van der Waals surface area contributed by atoms with Gasteiger partial charge in [0.15, 0.2) is 0 Å². The van der Waals surface area contributed by atoms with E-state index >= 15 is 0 Å². The zero-order valence-corrected chi connectivity index (χ0v) is 36.7. The fourth-order valence-electron chi connectivity index (χ4n) is 8.31. The number of benzene rings is 1. The summed E-state index contributed by atoms with van der Waals surface area (Å²) < 4.78 is 11.9. The Hall–Kier alpha value is -5.22. The van der Waals surface area contributed by atoms with E-state index in [9.17, 15) is 19.2 Å². The fourth-order valence-corrected chi connectivity index (χ4v) is 10.7. The number of ether oxygens (including phenoxy) is 2. The third-order valence-corrected chi connectivity index (χ3v) is 13.8. The number of hydrogen-bond acceptors (Lipinski definition) is 10. The highest BCUT2D eigenvalue weighted by molar-refractivity contribution is 7.31. The van der Waals surface area contributed by atoms with Crippen molar-refractivity contribution in [2.75, 3.05) is 27.3 Å². The van der Waals surface area contributed by atoms with E-state index in [0.29, 0.717) is 13.1 Å². The van der Waals surface area contributed by atoms with Gasteiger partial charge in [0, 0.05) is 38.6 Å². The van der Waals surface area contributed by atoms with Gasteiger partial charge in [-0.15, -0.1) is 22.7 Å². The summed E-state index contributed by atoms with van der Waals surface area (Å²) in [7, 11) is 2.59. The topological polar surface area (TPSA) is 175 Å². The van der Waals surface area contributed by atoms with E-state index < -0.39 is 24.3 Å². The Balaban J connectivity index is 1.05. The average molecular weight is 843 g/mol. The van der Waals surface area contributed by atoms with Crippen LogP contribution in [0.1, 0.15) is 83.8 Å². The normalized spacial score (nSPS) is 20.4. The lowest BCUT2D eigenvalue weighted by atomic mass is 10.0. The van der Waals surface area contributed by atoms with Crippen LogP contribution in [-0.4, -0.2) is 93.1 Å². The van der Waals surface area contributed by atoms with Crippen molar-refractivity contribution in [1.82, 2.24) is 40.4 Å². The van der Waals surface area contributed by atoms with Gasteiger partial charge >= 0.3 is 12.2 Å². The second-order valence-corrected chi connectivity index (χ2v) is 18.9. The van der Waals surface area contributed by atoms with Crippen LogP contribution in [0.4, 0.5) is 9.59 Å². The van der Waals surface area contributed by atoms with Gasteiger partial charge in [-0.3, -0.25) is 9.59 Å². The van der Waals surface area contributed by atoms with Crippen molar-refractivity contribution in [2.24, 2.45) is 23.7 Å². The highest BCUT2D eigenvalue weighted by Gasteiger charge is 2.42. The first-order chi connectivity index (χ1) is 28.1. The number of thiophene rings is 2. The molecule has 2 aliphatic rings. The van der Waals surface area contributed by atoms with Crippen molar-refractivity contribution in [3.63, 3.8) is 0 Å². The fraction of sp³-hybridized carbons (Fsp3) is 0.488. The third kappa shape index (κ3) is 8.60. The Kier molecular flexibility index (Phi) is 12.2. The minimum Gasteiger partial charge on any atom is -0.453 e. The molecular weight excluding hydrogens is 789 g/mol. The van der Waals surface area contributed by atoms with Gasteiger partial charge in [0.2, 0.25) is 11.8 Å². The molecule has 2 fully saturated rings. The summed E-state index contributed by atoms with van der Waals surface area (Å²) in [5.74, 6) is 1.56. The molecule has 0 radical (unpaired) electrons. The van der Waals surface area contributed by atoms with E-state index in [1.165, 1.54) is 23.6 Å². The van der Waals surface area contributed by atoms with Gasteiger partial charge in [-0.25, -0.2) is 19.6 Å². The van der Waals surface area contributed by atoms with E-state index in [-0.39, 0.29) is 47.6 Å². The minimum atomic E-state index is -0.700. The molecule has 14 nitrogen and oxygen atoms in total. The monoisotopic (exact) mass is 842 g/mol. The Labute approximate surface area is 352 Å². The summed E-state index contributed by atoms with van der Waals surface area (Å²) in [5, 5.41) is 5.45. The molecule has 2 saturated heterocycles. The number of aryl methyl sites for hydroxylation is 1. The maximum Gasteiger partial charge on any atom is 0.407 e. The molecule has 314 valence electrons. The van der Waals surface area contributed by atoms with Crippen molar-refractivity contribution < 1.29 is 28.7 Å². The number of aromatic amines is 2. The van der Waals surface area contributed by atoms with Crippen molar-refractivity contribution in [3.8, 4) is 32.3 Å². The van der Waals surface area contributed by atoms with E-state index in [1.54, 1.807) is 22.7 Å². The maximum absolute atomic E-state index is 13.8. The number of aromatic nitrogens is 4. The molecule has 0 saturated carbocycles. The Morgan fingerprint density at radius 2 is 1.24 bits per heavy atom. The summed E-state index contributed by atoms with van der Waals surface area (Å²) in [5.41, 5.74) is 4.78. The molecular formula is C43H54N8O6S2. The summed E-state index contributed by atoms with van der Waals surface area (Å²) in [6.45, 7) is 15.1. The SMILES string of the molecule is COC(=O)N[C@H](C(=O)N1C[C@@H](C)C[C@H]1c1ncc(-c2cc3sc(-c4ccc(-c5nc([C@@H]6C[C@H](C)CN6C(=O)[C@@H](NC(=O)OC)C(C)C)[nH]c5C)cc4)cc3s2)[nH]1)C(C)C. The maximum atomic E-state index is 13.8. The van der Waals surface area contributed by atoms with E-state index in [4.69, 9.17) is 19.4 Å². The molecule has 4 N–H and O–H groups in total. The van der Waals surface area contributed by atoms with Crippen LogP contribution in [-0.2, 0) is 19.1 Å². The molecule has 6 heterocycles. The van der Waals surface area contributed by atoms with Crippen LogP contribution in [0.3, 0.4) is 0 Å². The Bertz CT molecular complexity index is 2290. The molecule has 5 aromatic rings. The number of fused-ring (bicyclic) bond motifs is 1. The number of carbonyl (C=O) groups is 4. The number of likely N-dealkylation sites (tertiary alicyclic amines) is 2. The molecule has 4 amide bonds. The van der Waals surface area contributed by atoms with Gasteiger partial charge in [-0.1, -0.05) is 65.8 Å². The van der Waals surface area contributed by atoms with Crippen molar-refractivity contribution in [2.45, 2.75) is 85.5 Å². The zero-order valence-electron chi connectivity index (χ0n) is 35.0. The predicted octanol–water partition coefficient (Wildman–Crippen LogP) is 8.30. The number of methoxy groups -OCH3 is 2. The Morgan fingerprint density at radius 3 is 1.76 bits per heavy atom. The molecule has 1 aromatic carbocycles. The van der Waals surface area contributed by atoms with Gasteiger partial charge in [0.25, 0.3) is 0 Å². The molecule has 6 atom stereocenters. The number of amides is 4. The number of carbonyl (C=O) groups excluding carboxylic acids is 4. The summed E-state index contributed by atoms with van der Waals surface area (Å²) >= 11 is 3.44. The van der Waals surface area contributed by atoms with Crippen LogP contribution in [0.5, 0.6) is 0 Å². The number of alkyl carbamates (subject to hydrolysis) is 2. The van der Waals surface area contributed by atoms with Gasteiger partial charge in [-0.05, 0) is 61.1 Å². The van der Waals surface area contributed by atoms with Crippen molar-refractivity contribution in [1.29, 1.82) is 0 Å². The highest BCUT2D eigenvalue weighted by atomic mass is 32.1. The third-order valence-electron chi connectivity index (χ3n) is 11.4. The lowest BCUT2D eigenvalue weighted by molar-refractivity contribution is -0.136. The van der Waals surface area contributed by atoms with E-state index in [2.05, 4.69) is 70.8 Å².